The number of aromatic nitrogens is 4. The van der Waals surface area contributed by atoms with E-state index in [1.807, 2.05) is 43.1 Å². The van der Waals surface area contributed by atoms with Gasteiger partial charge in [-0.05, 0) is 55.9 Å². The molecule has 0 fully saturated rings. The molecule has 1 N–H and O–H groups in total. The van der Waals surface area contributed by atoms with Gasteiger partial charge in [0.15, 0.2) is 0 Å². The topological polar surface area (TPSA) is 84.1 Å². The summed E-state index contributed by atoms with van der Waals surface area (Å²) in [4.78, 5) is 13.2. The minimum absolute atomic E-state index is 0.0625. The molecule has 2 aromatic rings. The molecule has 112 valence electrons. The zero-order valence-electron chi connectivity index (χ0n) is 12.6. The highest BCUT2D eigenvalue weighted by Gasteiger charge is 2.35. The number of hydrogen-bond acceptors (Lipinski definition) is 5. The zero-order chi connectivity index (χ0) is 15.6. The lowest BCUT2D eigenvalue weighted by molar-refractivity contribution is -0.149. The first-order valence-electron chi connectivity index (χ1n) is 6.63. The lowest BCUT2D eigenvalue weighted by Gasteiger charge is -2.36. The second-order valence-electron chi connectivity index (χ2n) is 5.50. The minimum Gasteiger partial charge on any atom is -0.480 e. The van der Waals surface area contributed by atoms with Gasteiger partial charge in [-0.3, -0.25) is 9.69 Å². The molecule has 0 aliphatic heterocycles. The van der Waals surface area contributed by atoms with E-state index in [9.17, 15) is 9.90 Å². The number of likely N-dealkylation sites (N-methyl/N-ethyl adjacent to an activating group) is 1. The maximum absolute atomic E-state index is 11.4. The predicted octanol–water partition coefficient (Wildman–Crippen LogP) is 1.52. The van der Waals surface area contributed by atoms with Gasteiger partial charge < -0.3 is 5.11 Å². The van der Waals surface area contributed by atoms with E-state index >= 15 is 0 Å². The number of nitrogens with zero attached hydrogens (tertiary/aromatic N) is 5. The van der Waals surface area contributed by atoms with Crippen LogP contribution in [0.25, 0.3) is 5.69 Å². The number of benzene rings is 1. The van der Waals surface area contributed by atoms with Gasteiger partial charge >= 0.3 is 5.97 Å². The van der Waals surface area contributed by atoms with Gasteiger partial charge in [0.25, 0.3) is 0 Å². The van der Waals surface area contributed by atoms with Crippen molar-refractivity contribution in [3.63, 3.8) is 0 Å². The summed E-state index contributed by atoms with van der Waals surface area (Å²) in [5.41, 5.74) is 0.884. The number of hydrogen-bond donors (Lipinski definition) is 1. The normalized spacial score (nSPS) is 13.4. The van der Waals surface area contributed by atoms with Crippen molar-refractivity contribution in [1.29, 1.82) is 0 Å². The quantitative estimate of drug-likeness (QED) is 0.898. The lowest BCUT2D eigenvalue weighted by Crippen LogP contribution is -2.48. The molecule has 0 spiro atoms. The largest absolute Gasteiger partial charge is 0.480 e. The minimum atomic E-state index is -0.954. The number of carbonyl (C=O) groups is 1. The zero-order valence-corrected chi connectivity index (χ0v) is 12.6. The first-order chi connectivity index (χ1) is 9.84. The number of rotatable bonds is 5. The number of carboxylic acid groups (broad SMARTS) is 1. The molecule has 1 unspecified atom stereocenters. The van der Waals surface area contributed by atoms with E-state index in [-0.39, 0.29) is 6.04 Å². The van der Waals surface area contributed by atoms with Crippen molar-refractivity contribution < 1.29 is 9.90 Å². The highest BCUT2D eigenvalue weighted by atomic mass is 16.4. The van der Waals surface area contributed by atoms with Gasteiger partial charge in [0.05, 0.1) is 5.69 Å². The van der Waals surface area contributed by atoms with Crippen molar-refractivity contribution in [3.05, 3.63) is 36.2 Å². The number of aliphatic carboxylic acids is 1. The fourth-order valence-corrected chi connectivity index (χ4v) is 2.07. The molecule has 0 saturated heterocycles. The third kappa shape index (κ3) is 2.92. The van der Waals surface area contributed by atoms with Crippen molar-refractivity contribution in [2.45, 2.75) is 32.4 Å². The standard InChI is InChI=1S/C14H19N5O2/c1-10(18(4)14(2,3)13(20)21)11-6-5-7-12(8-11)19-9-15-16-17-19/h5-10H,1-4H3,(H,20,21). The van der Waals surface area contributed by atoms with E-state index in [2.05, 4.69) is 15.5 Å². The Morgan fingerprint density at radius 3 is 2.71 bits per heavy atom. The van der Waals surface area contributed by atoms with Gasteiger partial charge in [0.1, 0.15) is 11.9 Å². The summed E-state index contributed by atoms with van der Waals surface area (Å²) in [6.45, 7) is 5.36. The molecular formula is C14H19N5O2. The molecule has 0 aliphatic rings. The highest BCUT2D eigenvalue weighted by Crippen LogP contribution is 2.27. The van der Waals surface area contributed by atoms with E-state index in [1.165, 1.54) is 6.33 Å². The van der Waals surface area contributed by atoms with Crippen LogP contribution in [0.15, 0.2) is 30.6 Å². The van der Waals surface area contributed by atoms with Crippen molar-refractivity contribution >= 4 is 5.97 Å². The maximum Gasteiger partial charge on any atom is 0.323 e. The van der Waals surface area contributed by atoms with Crippen molar-refractivity contribution in [3.8, 4) is 5.69 Å². The Kier molecular flexibility index (Phi) is 4.04. The molecule has 0 amide bonds. The first kappa shape index (κ1) is 15.1. The summed E-state index contributed by atoms with van der Waals surface area (Å²) < 4.78 is 1.57. The maximum atomic E-state index is 11.4. The van der Waals surface area contributed by atoms with Crippen molar-refractivity contribution in [2.24, 2.45) is 0 Å². The molecule has 7 heteroatoms. The molecule has 0 radical (unpaired) electrons. The molecule has 1 heterocycles. The van der Waals surface area contributed by atoms with Crippen LogP contribution < -0.4 is 0 Å². The predicted molar refractivity (Wildman–Crippen MR) is 77.0 cm³/mol. The highest BCUT2D eigenvalue weighted by molar-refractivity contribution is 5.77. The van der Waals surface area contributed by atoms with Crippen LogP contribution in [0.5, 0.6) is 0 Å². The molecule has 0 aliphatic carbocycles. The van der Waals surface area contributed by atoms with Crippen molar-refractivity contribution in [1.82, 2.24) is 25.1 Å². The SMILES string of the molecule is CC(c1cccc(-n2cnnn2)c1)N(C)C(C)(C)C(=O)O. The Morgan fingerprint density at radius 1 is 1.43 bits per heavy atom. The van der Waals surface area contributed by atoms with Gasteiger partial charge in [-0.2, -0.15) is 0 Å². The molecule has 1 atom stereocenters. The molecule has 7 nitrogen and oxygen atoms in total. The molecule has 0 saturated carbocycles. The van der Waals surface area contributed by atoms with Gasteiger partial charge in [-0.15, -0.1) is 5.10 Å². The average Bonchev–Trinajstić information content (AvgIpc) is 2.99. The Hall–Kier alpha value is -2.28. The van der Waals surface area contributed by atoms with E-state index < -0.39 is 11.5 Å². The summed E-state index contributed by atoms with van der Waals surface area (Å²) >= 11 is 0. The summed E-state index contributed by atoms with van der Waals surface area (Å²) in [6, 6.07) is 7.66. The smallest absolute Gasteiger partial charge is 0.323 e. The van der Waals surface area contributed by atoms with Gasteiger partial charge in [0.2, 0.25) is 0 Å². The van der Waals surface area contributed by atoms with E-state index in [0.717, 1.165) is 11.3 Å². The summed E-state index contributed by atoms with van der Waals surface area (Å²) in [5, 5.41) is 20.4. The van der Waals surface area contributed by atoms with Crippen LogP contribution >= 0.6 is 0 Å². The third-order valence-electron chi connectivity index (χ3n) is 3.95. The number of carboxylic acids is 1. The van der Waals surface area contributed by atoms with Gasteiger partial charge in [-0.1, -0.05) is 12.1 Å². The lowest BCUT2D eigenvalue weighted by atomic mass is 9.98. The molecule has 2 rings (SSSR count). The van der Waals surface area contributed by atoms with E-state index in [0.29, 0.717) is 0 Å². The molecule has 1 aromatic heterocycles. The van der Waals surface area contributed by atoms with Gasteiger partial charge in [0, 0.05) is 6.04 Å². The Morgan fingerprint density at radius 2 is 2.14 bits per heavy atom. The second-order valence-corrected chi connectivity index (χ2v) is 5.50. The summed E-state index contributed by atoms with van der Waals surface area (Å²) in [5.74, 6) is -0.853. The first-order valence-corrected chi connectivity index (χ1v) is 6.63. The van der Waals surface area contributed by atoms with Gasteiger partial charge in [-0.25, -0.2) is 4.68 Å². The second kappa shape index (κ2) is 5.61. The summed E-state index contributed by atoms with van der Waals surface area (Å²) in [7, 11) is 1.81. The Bertz CT molecular complexity index is 624. The van der Waals surface area contributed by atoms with Crippen LogP contribution in [0.2, 0.25) is 0 Å². The summed E-state index contributed by atoms with van der Waals surface area (Å²) in [6.07, 6.45) is 1.52. The van der Waals surface area contributed by atoms with Crippen LogP contribution in [0.1, 0.15) is 32.4 Å². The fourth-order valence-electron chi connectivity index (χ4n) is 2.07. The van der Waals surface area contributed by atoms with E-state index in [4.69, 9.17) is 0 Å². The van der Waals surface area contributed by atoms with Crippen LogP contribution in [0, 0.1) is 0 Å². The monoisotopic (exact) mass is 289 g/mol. The number of tetrazole rings is 1. The Balaban J connectivity index is 2.30. The molecule has 1 aromatic carbocycles. The van der Waals surface area contributed by atoms with Crippen LogP contribution in [0.3, 0.4) is 0 Å². The van der Waals surface area contributed by atoms with Crippen LogP contribution in [0.4, 0.5) is 0 Å². The average molecular weight is 289 g/mol. The van der Waals surface area contributed by atoms with E-state index in [1.54, 1.807) is 18.5 Å². The van der Waals surface area contributed by atoms with Crippen LogP contribution in [-0.4, -0.2) is 48.8 Å². The Labute approximate surface area is 123 Å². The fraction of sp³-hybridized carbons (Fsp3) is 0.429. The van der Waals surface area contributed by atoms with Crippen molar-refractivity contribution in [2.75, 3.05) is 7.05 Å². The third-order valence-corrected chi connectivity index (χ3v) is 3.95. The molecule has 21 heavy (non-hydrogen) atoms. The molecular weight excluding hydrogens is 270 g/mol. The molecule has 0 bridgehead atoms. The van der Waals surface area contributed by atoms with Crippen LogP contribution in [-0.2, 0) is 4.79 Å².